The van der Waals surface area contributed by atoms with Gasteiger partial charge in [-0.05, 0) is 49.4 Å². The number of nitrogens with two attached hydrogens (primary N) is 1. The maximum Gasteiger partial charge on any atom is 0.326 e. The highest BCUT2D eigenvalue weighted by molar-refractivity contribution is 5.91. The molecule has 8 heteroatoms. The molecule has 8 nitrogen and oxygen atoms in total. The van der Waals surface area contributed by atoms with E-state index < -0.39 is 24.0 Å². The highest BCUT2D eigenvalue weighted by atomic mass is 16.4. The summed E-state index contributed by atoms with van der Waals surface area (Å²) in [6.45, 7) is 6.25. The molecule has 0 saturated carbocycles. The molecule has 0 aliphatic rings. The summed E-state index contributed by atoms with van der Waals surface area (Å²) in [5.74, 6) is -1.95. The molecule has 0 bridgehead atoms. The minimum Gasteiger partial charge on any atom is -0.508 e. The Labute approximate surface area is 178 Å². The third-order valence-corrected chi connectivity index (χ3v) is 4.87. The smallest absolute Gasteiger partial charge is 0.326 e. The van der Waals surface area contributed by atoms with Crippen LogP contribution in [0.1, 0.15) is 52.0 Å². The van der Waals surface area contributed by atoms with Crippen LogP contribution in [-0.2, 0) is 20.8 Å². The number of phenolic OH excluding ortho intramolecular Hbond substituents is 1. The summed E-state index contributed by atoms with van der Waals surface area (Å²) >= 11 is 0. The van der Waals surface area contributed by atoms with E-state index in [2.05, 4.69) is 10.6 Å². The SMILES string of the molecule is CC(C)CC(NC(=O)C(C)CCCCN)C(=O)NC(Cc1ccc(O)cc1)C(=O)O. The molecule has 1 aromatic carbocycles. The van der Waals surface area contributed by atoms with Crippen LogP contribution < -0.4 is 16.4 Å². The van der Waals surface area contributed by atoms with Crippen molar-refractivity contribution < 1.29 is 24.6 Å². The fraction of sp³-hybridized carbons (Fsp3) is 0.591. The molecule has 2 amide bonds. The summed E-state index contributed by atoms with van der Waals surface area (Å²) in [5, 5.41) is 24.2. The molecular formula is C22H35N3O5. The number of nitrogens with one attached hydrogen (secondary N) is 2. The number of aromatic hydroxyl groups is 1. The van der Waals surface area contributed by atoms with E-state index >= 15 is 0 Å². The van der Waals surface area contributed by atoms with Crippen LogP contribution in [-0.4, -0.2) is 46.6 Å². The van der Waals surface area contributed by atoms with E-state index in [1.165, 1.54) is 12.1 Å². The second kappa shape index (κ2) is 12.8. The van der Waals surface area contributed by atoms with E-state index in [9.17, 15) is 24.6 Å². The summed E-state index contributed by atoms with van der Waals surface area (Å²) in [4.78, 5) is 37.0. The highest BCUT2D eigenvalue weighted by Crippen LogP contribution is 2.13. The highest BCUT2D eigenvalue weighted by Gasteiger charge is 2.28. The van der Waals surface area contributed by atoms with Crippen LogP contribution in [0, 0.1) is 11.8 Å². The van der Waals surface area contributed by atoms with Gasteiger partial charge in [0, 0.05) is 12.3 Å². The topological polar surface area (TPSA) is 142 Å². The van der Waals surface area contributed by atoms with Gasteiger partial charge in [-0.2, -0.15) is 0 Å². The van der Waals surface area contributed by atoms with Crippen molar-refractivity contribution in [1.29, 1.82) is 0 Å². The zero-order valence-electron chi connectivity index (χ0n) is 18.1. The van der Waals surface area contributed by atoms with E-state index in [1.54, 1.807) is 19.1 Å². The van der Waals surface area contributed by atoms with Crippen molar-refractivity contribution in [3.8, 4) is 5.75 Å². The molecule has 0 aliphatic heterocycles. The molecule has 0 spiro atoms. The van der Waals surface area contributed by atoms with Crippen LogP contribution in [0.15, 0.2) is 24.3 Å². The van der Waals surface area contributed by atoms with Gasteiger partial charge in [0.25, 0.3) is 0 Å². The largest absolute Gasteiger partial charge is 0.508 e. The molecule has 0 heterocycles. The number of benzene rings is 1. The van der Waals surface area contributed by atoms with Crippen molar-refractivity contribution in [2.45, 2.75) is 65.0 Å². The van der Waals surface area contributed by atoms with E-state index in [0.717, 1.165) is 12.8 Å². The second-order valence-corrected chi connectivity index (χ2v) is 8.15. The first kappa shape index (κ1) is 25.4. The van der Waals surface area contributed by atoms with Crippen LogP contribution in [0.5, 0.6) is 5.75 Å². The Morgan fingerprint density at radius 1 is 0.967 bits per heavy atom. The van der Waals surface area contributed by atoms with Crippen molar-refractivity contribution in [2.75, 3.05) is 6.54 Å². The lowest BCUT2D eigenvalue weighted by Crippen LogP contribution is -2.53. The Bertz CT molecular complexity index is 691. The minimum atomic E-state index is -1.17. The third-order valence-electron chi connectivity index (χ3n) is 4.87. The quantitative estimate of drug-likeness (QED) is 0.308. The molecule has 3 unspecified atom stereocenters. The summed E-state index contributed by atoms with van der Waals surface area (Å²) < 4.78 is 0. The minimum absolute atomic E-state index is 0.0686. The summed E-state index contributed by atoms with van der Waals surface area (Å²) in [6.07, 6.45) is 2.82. The Hall–Kier alpha value is -2.61. The lowest BCUT2D eigenvalue weighted by atomic mass is 9.99. The monoisotopic (exact) mass is 421 g/mol. The molecule has 0 aliphatic carbocycles. The Morgan fingerprint density at radius 3 is 2.10 bits per heavy atom. The predicted molar refractivity (Wildman–Crippen MR) is 115 cm³/mol. The molecular weight excluding hydrogens is 386 g/mol. The molecule has 0 saturated heterocycles. The van der Waals surface area contributed by atoms with Gasteiger partial charge in [0.2, 0.25) is 11.8 Å². The summed E-state index contributed by atoms with van der Waals surface area (Å²) in [7, 11) is 0. The van der Waals surface area contributed by atoms with Gasteiger partial charge in [0.05, 0.1) is 0 Å². The normalized spacial score (nSPS) is 14.0. The zero-order valence-corrected chi connectivity index (χ0v) is 18.1. The van der Waals surface area contributed by atoms with Gasteiger partial charge in [-0.25, -0.2) is 4.79 Å². The molecule has 3 atom stereocenters. The fourth-order valence-corrected chi connectivity index (χ4v) is 3.08. The predicted octanol–water partition coefficient (Wildman–Crippen LogP) is 1.80. The molecule has 1 aromatic rings. The number of carbonyl (C=O) groups is 3. The van der Waals surface area contributed by atoms with Crippen molar-refractivity contribution >= 4 is 17.8 Å². The van der Waals surface area contributed by atoms with E-state index in [0.29, 0.717) is 24.9 Å². The van der Waals surface area contributed by atoms with Gasteiger partial charge in [-0.15, -0.1) is 0 Å². The molecule has 0 radical (unpaired) electrons. The molecule has 0 fully saturated rings. The Kier molecular flexibility index (Phi) is 10.9. The number of amides is 2. The number of carboxylic acid groups (broad SMARTS) is 1. The Morgan fingerprint density at radius 2 is 1.57 bits per heavy atom. The van der Waals surface area contributed by atoms with E-state index in [-0.39, 0.29) is 29.9 Å². The first-order valence-electron chi connectivity index (χ1n) is 10.5. The van der Waals surface area contributed by atoms with Gasteiger partial charge < -0.3 is 26.6 Å². The molecule has 168 valence electrons. The van der Waals surface area contributed by atoms with Crippen LogP contribution >= 0.6 is 0 Å². The number of aliphatic carboxylic acids is 1. The number of carboxylic acids is 1. The standard InChI is InChI=1S/C22H35N3O5/c1-14(2)12-18(24-20(27)15(3)6-4-5-11-23)21(28)25-19(22(29)30)13-16-7-9-17(26)10-8-16/h7-10,14-15,18-19,26H,4-6,11-13,23H2,1-3H3,(H,24,27)(H,25,28)(H,29,30). The van der Waals surface area contributed by atoms with Crippen LogP contribution in [0.25, 0.3) is 0 Å². The van der Waals surface area contributed by atoms with Gasteiger partial charge >= 0.3 is 5.97 Å². The number of hydrogen-bond donors (Lipinski definition) is 5. The number of rotatable bonds is 13. The number of carbonyl (C=O) groups excluding carboxylic acids is 2. The van der Waals surface area contributed by atoms with Crippen LogP contribution in [0.4, 0.5) is 0 Å². The van der Waals surface area contributed by atoms with Gasteiger partial charge in [0.1, 0.15) is 17.8 Å². The first-order valence-corrected chi connectivity index (χ1v) is 10.5. The van der Waals surface area contributed by atoms with Crippen molar-refractivity contribution in [3.05, 3.63) is 29.8 Å². The summed E-state index contributed by atoms with van der Waals surface area (Å²) in [5.41, 5.74) is 6.15. The maximum absolute atomic E-state index is 12.8. The maximum atomic E-state index is 12.8. The van der Waals surface area contributed by atoms with Gasteiger partial charge in [-0.3, -0.25) is 9.59 Å². The molecule has 30 heavy (non-hydrogen) atoms. The van der Waals surface area contributed by atoms with E-state index in [1.807, 2.05) is 13.8 Å². The first-order chi connectivity index (χ1) is 14.1. The third kappa shape index (κ3) is 9.26. The number of phenols is 1. The van der Waals surface area contributed by atoms with E-state index in [4.69, 9.17) is 5.73 Å². The molecule has 1 rings (SSSR count). The van der Waals surface area contributed by atoms with Crippen molar-refractivity contribution in [3.63, 3.8) is 0 Å². The van der Waals surface area contributed by atoms with Crippen molar-refractivity contribution in [2.24, 2.45) is 17.6 Å². The molecule has 6 N–H and O–H groups in total. The van der Waals surface area contributed by atoms with Crippen LogP contribution in [0.3, 0.4) is 0 Å². The summed E-state index contributed by atoms with van der Waals surface area (Å²) in [6, 6.07) is 4.18. The average molecular weight is 422 g/mol. The average Bonchev–Trinajstić information content (AvgIpc) is 2.68. The second-order valence-electron chi connectivity index (χ2n) is 8.15. The van der Waals surface area contributed by atoms with Gasteiger partial charge in [0.15, 0.2) is 0 Å². The Balaban J connectivity index is 2.80. The zero-order chi connectivity index (χ0) is 22.7. The lowest BCUT2D eigenvalue weighted by Gasteiger charge is -2.24. The van der Waals surface area contributed by atoms with Gasteiger partial charge in [-0.1, -0.05) is 39.3 Å². The van der Waals surface area contributed by atoms with Crippen molar-refractivity contribution in [1.82, 2.24) is 10.6 Å². The van der Waals surface area contributed by atoms with Crippen LogP contribution in [0.2, 0.25) is 0 Å². The lowest BCUT2D eigenvalue weighted by molar-refractivity contribution is -0.142. The number of unbranched alkanes of at least 4 members (excludes halogenated alkanes) is 1. The molecule has 0 aromatic heterocycles. The number of hydrogen-bond acceptors (Lipinski definition) is 5. The fourth-order valence-electron chi connectivity index (χ4n) is 3.08.